The van der Waals surface area contributed by atoms with Crippen LogP contribution in [0.15, 0.2) is 12.1 Å². The first kappa shape index (κ1) is 19.2. The molecule has 7 heteroatoms. The molecule has 0 aliphatic heterocycles. The summed E-state index contributed by atoms with van der Waals surface area (Å²) in [6.45, 7) is 7.45. The summed E-state index contributed by atoms with van der Waals surface area (Å²) in [5.74, 6) is -3.86. The molecule has 0 saturated heterocycles. The molecular formula is C15H23F3O3Si. The molecule has 1 rings (SSSR count). The lowest BCUT2D eigenvalue weighted by Crippen LogP contribution is -2.48. The van der Waals surface area contributed by atoms with Crippen molar-refractivity contribution in [1.29, 1.82) is 0 Å². The van der Waals surface area contributed by atoms with Gasteiger partial charge in [0.1, 0.15) is 0 Å². The largest absolute Gasteiger partial charge is 0.501 e. The van der Waals surface area contributed by atoms with Gasteiger partial charge in [0, 0.05) is 25.4 Å². The van der Waals surface area contributed by atoms with Crippen LogP contribution < -0.4 is 0 Å². The van der Waals surface area contributed by atoms with Crippen molar-refractivity contribution in [3.63, 3.8) is 0 Å². The van der Waals surface area contributed by atoms with E-state index in [4.69, 9.17) is 13.3 Å². The van der Waals surface area contributed by atoms with E-state index in [2.05, 4.69) is 0 Å². The van der Waals surface area contributed by atoms with Crippen molar-refractivity contribution in [2.24, 2.45) is 0 Å². The lowest BCUT2D eigenvalue weighted by Gasteiger charge is -2.31. The monoisotopic (exact) mass is 336 g/mol. The number of benzene rings is 1. The fourth-order valence-corrected chi connectivity index (χ4v) is 4.83. The molecule has 0 amide bonds. The molecular weight excluding hydrogens is 313 g/mol. The number of hydrogen-bond acceptors (Lipinski definition) is 3. The zero-order valence-corrected chi connectivity index (χ0v) is 14.6. The van der Waals surface area contributed by atoms with Crippen molar-refractivity contribution in [1.82, 2.24) is 0 Å². The zero-order chi connectivity index (χ0) is 16.9. The Labute approximate surface area is 130 Å². The van der Waals surface area contributed by atoms with Gasteiger partial charge in [-0.15, -0.1) is 0 Å². The highest BCUT2D eigenvalue weighted by molar-refractivity contribution is 6.60. The van der Waals surface area contributed by atoms with Crippen LogP contribution in [-0.2, 0) is 19.7 Å². The molecule has 0 bridgehead atoms. The smallest absolute Gasteiger partial charge is 0.377 e. The molecule has 1 aromatic carbocycles. The molecule has 0 radical (unpaired) electrons. The quantitative estimate of drug-likeness (QED) is 0.529. The van der Waals surface area contributed by atoms with Crippen LogP contribution in [0.5, 0.6) is 0 Å². The van der Waals surface area contributed by atoms with Gasteiger partial charge in [0.15, 0.2) is 17.5 Å². The Morgan fingerprint density at radius 2 is 1.41 bits per heavy atom. The van der Waals surface area contributed by atoms with Crippen LogP contribution in [0.3, 0.4) is 0 Å². The number of hydrogen-bond donors (Lipinski definition) is 0. The Morgan fingerprint density at radius 3 is 1.77 bits per heavy atom. The van der Waals surface area contributed by atoms with Crippen molar-refractivity contribution < 1.29 is 26.4 Å². The summed E-state index contributed by atoms with van der Waals surface area (Å²) in [6, 6.07) is 2.32. The highest BCUT2D eigenvalue weighted by atomic mass is 28.4. The van der Waals surface area contributed by atoms with Gasteiger partial charge in [-0.25, -0.2) is 13.2 Å². The Balaban J connectivity index is 2.90. The minimum Gasteiger partial charge on any atom is -0.377 e. The first-order valence-corrected chi connectivity index (χ1v) is 9.16. The van der Waals surface area contributed by atoms with E-state index in [1.807, 2.05) is 27.7 Å². The Bertz CT molecular complexity index is 462. The molecule has 0 saturated carbocycles. The number of rotatable bonds is 8. The fraction of sp³-hybridized carbons (Fsp3) is 0.600. The standard InChI is InChI=1S/C15H23F3O3Si/c1-10(2)20-22(19-5,21-11(3)4)7-6-12-8-13(16)15(18)14(17)9-12/h8-11H,6-7H2,1-5H3. The highest BCUT2D eigenvalue weighted by Gasteiger charge is 2.41. The molecule has 0 fully saturated rings. The van der Waals surface area contributed by atoms with Crippen molar-refractivity contribution in [2.45, 2.75) is 52.4 Å². The Morgan fingerprint density at radius 1 is 0.955 bits per heavy atom. The van der Waals surface area contributed by atoms with Crippen LogP contribution in [0.25, 0.3) is 0 Å². The van der Waals surface area contributed by atoms with E-state index >= 15 is 0 Å². The van der Waals surface area contributed by atoms with E-state index in [0.717, 1.165) is 12.1 Å². The van der Waals surface area contributed by atoms with Gasteiger partial charge in [0.25, 0.3) is 0 Å². The average Bonchev–Trinajstić information content (AvgIpc) is 2.40. The average molecular weight is 336 g/mol. The van der Waals surface area contributed by atoms with E-state index in [9.17, 15) is 13.2 Å². The van der Waals surface area contributed by atoms with Crippen LogP contribution in [0, 0.1) is 17.5 Å². The predicted molar refractivity (Wildman–Crippen MR) is 80.0 cm³/mol. The van der Waals surface area contributed by atoms with Crippen molar-refractivity contribution >= 4 is 8.80 Å². The lowest BCUT2D eigenvalue weighted by molar-refractivity contribution is 0.0329. The molecule has 0 aliphatic rings. The van der Waals surface area contributed by atoms with E-state index in [0.29, 0.717) is 11.6 Å². The first-order valence-electron chi connectivity index (χ1n) is 7.23. The van der Waals surface area contributed by atoms with Crippen LogP contribution in [0.2, 0.25) is 6.04 Å². The SMILES string of the molecule is CO[Si](CCc1cc(F)c(F)c(F)c1)(OC(C)C)OC(C)C. The van der Waals surface area contributed by atoms with Crippen LogP contribution in [-0.4, -0.2) is 28.1 Å². The predicted octanol–water partition coefficient (Wildman–Crippen LogP) is 4.08. The van der Waals surface area contributed by atoms with E-state index < -0.39 is 26.3 Å². The van der Waals surface area contributed by atoms with Gasteiger partial charge in [0.05, 0.1) is 0 Å². The van der Waals surface area contributed by atoms with Crippen molar-refractivity contribution in [2.75, 3.05) is 7.11 Å². The van der Waals surface area contributed by atoms with Gasteiger partial charge < -0.3 is 13.3 Å². The summed E-state index contributed by atoms with van der Waals surface area (Å²) >= 11 is 0. The summed E-state index contributed by atoms with van der Waals surface area (Å²) in [5, 5.41) is 0. The second-order valence-corrected chi connectivity index (χ2v) is 8.34. The van der Waals surface area contributed by atoms with Gasteiger partial charge >= 0.3 is 8.80 Å². The fourth-order valence-electron chi connectivity index (χ4n) is 2.11. The van der Waals surface area contributed by atoms with Gasteiger partial charge in [-0.2, -0.15) is 0 Å². The lowest BCUT2D eigenvalue weighted by atomic mass is 10.1. The molecule has 0 atom stereocenters. The molecule has 126 valence electrons. The van der Waals surface area contributed by atoms with Crippen LogP contribution in [0.1, 0.15) is 33.3 Å². The number of halogens is 3. The number of aryl methyl sites for hydroxylation is 1. The van der Waals surface area contributed by atoms with Gasteiger partial charge in [-0.3, -0.25) is 0 Å². The third-order valence-corrected chi connectivity index (χ3v) is 6.05. The zero-order valence-electron chi connectivity index (χ0n) is 13.6. The summed E-state index contributed by atoms with van der Waals surface area (Å²) in [5.41, 5.74) is 0.338. The van der Waals surface area contributed by atoms with Gasteiger partial charge in [0.2, 0.25) is 0 Å². The normalized spacial score (nSPS) is 12.5. The van der Waals surface area contributed by atoms with E-state index in [1.54, 1.807) is 0 Å². The van der Waals surface area contributed by atoms with Crippen LogP contribution >= 0.6 is 0 Å². The van der Waals surface area contributed by atoms with Crippen LogP contribution in [0.4, 0.5) is 13.2 Å². The first-order chi connectivity index (χ1) is 10.2. The molecule has 3 nitrogen and oxygen atoms in total. The van der Waals surface area contributed by atoms with Crippen molar-refractivity contribution in [3.8, 4) is 0 Å². The Kier molecular flexibility index (Phi) is 7.05. The maximum atomic E-state index is 13.3. The molecule has 1 aromatic rings. The summed E-state index contributed by atoms with van der Waals surface area (Å²) < 4.78 is 56.7. The van der Waals surface area contributed by atoms with E-state index in [-0.39, 0.29) is 18.6 Å². The molecule has 0 heterocycles. The molecule has 0 unspecified atom stereocenters. The third-order valence-electron chi connectivity index (χ3n) is 2.90. The molecule has 0 spiro atoms. The second kappa shape index (κ2) is 8.10. The molecule has 0 aromatic heterocycles. The molecule has 0 aliphatic carbocycles. The third kappa shape index (κ3) is 5.39. The van der Waals surface area contributed by atoms with Gasteiger partial charge in [-0.05, 0) is 51.8 Å². The highest BCUT2D eigenvalue weighted by Crippen LogP contribution is 2.23. The van der Waals surface area contributed by atoms with Crippen molar-refractivity contribution in [3.05, 3.63) is 35.1 Å². The maximum Gasteiger partial charge on any atom is 0.501 e. The summed E-state index contributed by atoms with van der Waals surface area (Å²) in [6.07, 6.45) is 0.0623. The Hall–Kier alpha value is -0.893. The summed E-state index contributed by atoms with van der Waals surface area (Å²) in [4.78, 5) is 0. The maximum absolute atomic E-state index is 13.3. The topological polar surface area (TPSA) is 27.7 Å². The molecule has 22 heavy (non-hydrogen) atoms. The minimum absolute atomic E-state index is 0.105. The van der Waals surface area contributed by atoms with E-state index in [1.165, 1.54) is 7.11 Å². The minimum atomic E-state index is -2.97. The summed E-state index contributed by atoms with van der Waals surface area (Å²) in [7, 11) is -1.46. The second-order valence-electron chi connectivity index (χ2n) is 5.59. The molecule has 0 N–H and O–H groups in total. The van der Waals surface area contributed by atoms with Gasteiger partial charge in [-0.1, -0.05) is 0 Å².